The Labute approximate surface area is 164 Å². The number of fused-ring (bicyclic) bond motifs is 2. The standard InChI is InChI=1S/C13H19FN6O8S/c14-6-3-9(18(4-6)12(15)23)11(22)17-16-10(21)8-2-1-7-5-19(8)13(24)20(7)28-29(25,26)27/h6-9H,1-5H2,(H2,15,23)(H,16,21)(H,17,22)(H,25,26,27)/t6-,7+,8+,9-/m0/s1. The molecule has 3 aliphatic heterocycles. The van der Waals surface area contributed by atoms with Crippen molar-refractivity contribution in [2.75, 3.05) is 13.1 Å². The average molecular weight is 438 g/mol. The molecular weight excluding hydrogens is 419 g/mol. The Kier molecular flexibility index (Phi) is 5.50. The second-order valence-electron chi connectivity index (χ2n) is 6.83. The highest BCUT2D eigenvalue weighted by Crippen LogP contribution is 2.30. The Morgan fingerprint density at radius 3 is 2.34 bits per heavy atom. The number of alkyl halides is 1. The summed E-state index contributed by atoms with van der Waals surface area (Å²) in [6.45, 7) is -0.362. The molecule has 3 rings (SSSR count). The Morgan fingerprint density at radius 1 is 1.14 bits per heavy atom. The lowest BCUT2D eigenvalue weighted by Crippen LogP contribution is -2.57. The van der Waals surface area contributed by atoms with Crippen molar-refractivity contribution in [1.82, 2.24) is 25.7 Å². The highest BCUT2D eigenvalue weighted by atomic mass is 32.3. The van der Waals surface area contributed by atoms with Crippen LogP contribution in [0.15, 0.2) is 0 Å². The van der Waals surface area contributed by atoms with Crippen LogP contribution < -0.4 is 16.6 Å². The number of nitrogens with zero attached hydrogens (tertiary/aromatic N) is 3. The third-order valence-electron chi connectivity index (χ3n) is 4.94. The van der Waals surface area contributed by atoms with E-state index in [1.165, 1.54) is 0 Å². The van der Waals surface area contributed by atoms with Crippen LogP contribution >= 0.6 is 0 Å². The number of amides is 6. The summed E-state index contributed by atoms with van der Waals surface area (Å²) in [4.78, 5) is 50.0. The first-order chi connectivity index (χ1) is 13.5. The summed E-state index contributed by atoms with van der Waals surface area (Å²) in [7, 11) is -4.92. The molecule has 3 aliphatic rings. The van der Waals surface area contributed by atoms with Gasteiger partial charge in [-0.3, -0.25) is 25.0 Å². The third kappa shape index (κ3) is 4.33. The molecule has 3 saturated heterocycles. The van der Waals surface area contributed by atoms with E-state index in [0.717, 1.165) is 9.80 Å². The fourth-order valence-electron chi connectivity index (χ4n) is 3.67. The number of urea groups is 2. The van der Waals surface area contributed by atoms with Gasteiger partial charge in [0.1, 0.15) is 18.3 Å². The summed E-state index contributed by atoms with van der Waals surface area (Å²) in [6, 6.07) is -4.82. The Hall–Kier alpha value is -2.72. The first-order valence-corrected chi connectivity index (χ1v) is 9.91. The third-order valence-corrected chi connectivity index (χ3v) is 5.29. The van der Waals surface area contributed by atoms with Crippen molar-refractivity contribution in [2.24, 2.45) is 5.73 Å². The molecule has 162 valence electrons. The monoisotopic (exact) mass is 438 g/mol. The second-order valence-corrected chi connectivity index (χ2v) is 7.83. The first kappa shape index (κ1) is 21.0. The van der Waals surface area contributed by atoms with Gasteiger partial charge in [-0.05, 0) is 12.8 Å². The summed E-state index contributed by atoms with van der Waals surface area (Å²) >= 11 is 0. The average Bonchev–Trinajstić information content (AvgIpc) is 3.13. The quantitative estimate of drug-likeness (QED) is 0.276. The zero-order valence-electron chi connectivity index (χ0n) is 14.9. The normalized spacial score (nSPS) is 29.2. The lowest BCUT2D eigenvalue weighted by molar-refractivity contribution is -0.133. The van der Waals surface area contributed by atoms with Gasteiger partial charge >= 0.3 is 22.5 Å². The minimum absolute atomic E-state index is 0.0258. The number of hydrogen-bond acceptors (Lipinski definition) is 7. The fourth-order valence-corrected chi connectivity index (χ4v) is 4.06. The molecule has 0 saturated carbocycles. The number of nitrogens with one attached hydrogen (secondary N) is 2. The molecule has 5 N–H and O–H groups in total. The van der Waals surface area contributed by atoms with Crippen molar-refractivity contribution in [3.63, 3.8) is 0 Å². The van der Waals surface area contributed by atoms with E-state index in [0.29, 0.717) is 5.06 Å². The van der Waals surface area contributed by atoms with E-state index in [4.69, 9.17) is 10.3 Å². The number of rotatable bonds is 4. The lowest BCUT2D eigenvalue weighted by atomic mass is 10.0. The van der Waals surface area contributed by atoms with Crippen molar-refractivity contribution in [3.05, 3.63) is 0 Å². The van der Waals surface area contributed by atoms with E-state index in [1.54, 1.807) is 0 Å². The van der Waals surface area contributed by atoms with Gasteiger partial charge in [-0.25, -0.2) is 14.0 Å². The zero-order valence-corrected chi connectivity index (χ0v) is 15.7. The molecule has 29 heavy (non-hydrogen) atoms. The van der Waals surface area contributed by atoms with Crippen molar-refractivity contribution < 1.29 is 40.8 Å². The molecule has 3 fully saturated rings. The highest BCUT2D eigenvalue weighted by molar-refractivity contribution is 7.80. The molecule has 2 bridgehead atoms. The molecule has 14 nitrogen and oxygen atoms in total. The number of hydrazine groups is 1. The minimum Gasteiger partial charge on any atom is -0.351 e. The van der Waals surface area contributed by atoms with Gasteiger partial charge in [0.05, 0.1) is 12.6 Å². The van der Waals surface area contributed by atoms with Crippen LogP contribution in [0.5, 0.6) is 0 Å². The lowest BCUT2D eigenvalue weighted by Gasteiger charge is -2.29. The topological polar surface area (TPSA) is 192 Å². The second kappa shape index (κ2) is 7.60. The van der Waals surface area contributed by atoms with Crippen molar-refractivity contribution in [3.8, 4) is 0 Å². The van der Waals surface area contributed by atoms with E-state index in [-0.39, 0.29) is 32.4 Å². The molecular formula is C13H19FN6O8S. The largest absolute Gasteiger partial charge is 0.418 e. The molecule has 4 atom stereocenters. The minimum atomic E-state index is -4.92. The predicted molar refractivity (Wildman–Crippen MR) is 89.3 cm³/mol. The number of hydroxylamine groups is 2. The van der Waals surface area contributed by atoms with Gasteiger partial charge in [0.15, 0.2) is 0 Å². The molecule has 0 unspecified atom stereocenters. The van der Waals surface area contributed by atoms with Crippen LogP contribution in [0.4, 0.5) is 14.0 Å². The van der Waals surface area contributed by atoms with Gasteiger partial charge in [-0.2, -0.15) is 13.5 Å². The van der Waals surface area contributed by atoms with Crippen LogP contribution in [0.3, 0.4) is 0 Å². The SMILES string of the molecule is NC(=O)N1C[C@@H](F)C[C@H]1C(=O)NNC(=O)[C@H]1CC[C@@H]2CN1C(=O)N2OS(=O)(=O)O. The number of primary amides is 1. The number of halogens is 1. The van der Waals surface area contributed by atoms with Gasteiger partial charge in [0.2, 0.25) is 0 Å². The van der Waals surface area contributed by atoms with Gasteiger partial charge in [0.25, 0.3) is 11.8 Å². The van der Waals surface area contributed by atoms with Crippen LogP contribution in [0.2, 0.25) is 0 Å². The van der Waals surface area contributed by atoms with Crippen LogP contribution in [0.1, 0.15) is 19.3 Å². The van der Waals surface area contributed by atoms with Crippen molar-refractivity contribution in [1.29, 1.82) is 0 Å². The summed E-state index contributed by atoms with van der Waals surface area (Å²) in [6.07, 6.45) is -1.37. The molecule has 0 radical (unpaired) electrons. The van der Waals surface area contributed by atoms with Crippen LogP contribution in [0, 0.1) is 0 Å². The van der Waals surface area contributed by atoms with Gasteiger partial charge in [-0.1, -0.05) is 0 Å². The zero-order chi connectivity index (χ0) is 21.5. The Morgan fingerprint density at radius 2 is 1.76 bits per heavy atom. The maximum atomic E-state index is 13.5. The highest BCUT2D eigenvalue weighted by Gasteiger charge is 2.49. The summed E-state index contributed by atoms with van der Waals surface area (Å²) in [5.41, 5.74) is 9.29. The molecule has 0 aromatic rings. The van der Waals surface area contributed by atoms with E-state index in [9.17, 15) is 32.0 Å². The fraction of sp³-hybridized carbons (Fsp3) is 0.692. The number of carbonyl (C=O) groups is 4. The maximum Gasteiger partial charge on any atom is 0.418 e. The number of hydrogen-bond donors (Lipinski definition) is 4. The first-order valence-electron chi connectivity index (χ1n) is 8.54. The summed E-state index contributed by atoms with van der Waals surface area (Å²) < 4.78 is 48.2. The molecule has 0 aromatic carbocycles. The number of likely N-dealkylation sites (tertiary alicyclic amines) is 1. The van der Waals surface area contributed by atoms with Gasteiger partial charge in [0, 0.05) is 13.0 Å². The van der Waals surface area contributed by atoms with Crippen molar-refractivity contribution in [2.45, 2.75) is 43.6 Å². The van der Waals surface area contributed by atoms with Crippen LogP contribution in [-0.2, 0) is 24.3 Å². The molecule has 0 spiro atoms. The number of carbonyl (C=O) groups excluding carboxylic acids is 4. The summed E-state index contributed by atoms with van der Waals surface area (Å²) in [5.74, 6) is -1.63. The van der Waals surface area contributed by atoms with Gasteiger partial charge < -0.3 is 15.5 Å². The predicted octanol–water partition coefficient (Wildman–Crippen LogP) is -2.37. The van der Waals surface area contributed by atoms with E-state index >= 15 is 0 Å². The molecule has 0 aromatic heterocycles. The van der Waals surface area contributed by atoms with Crippen molar-refractivity contribution >= 4 is 34.3 Å². The van der Waals surface area contributed by atoms with Crippen LogP contribution in [-0.4, -0.2) is 89.1 Å². The van der Waals surface area contributed by atoms with E-state index in [1.807, 2.05) is 0 Å². The molecule has 6 amide bonds. The molecule has 0 aliphatic carbocycles. The molecule has 3 heterocycles. The van der Waals surface area contributed by atoms with E-state index in [2.05, 4.69) is 15.1 Å². The summed E-state index contributed by atoms with van der Waals surface area (Å²) in [5, 5.41) is 0.478. The Balaban J connectivity index is 1.58. The van der Waals surface area contributed by atoms with E-state index < -0.39 is 58.6 Å². The Bertz CT molecular complexity index is 839. The smallest absolute Gasteiger partial charge is 0.351 e. The number of piperidine rings is 1. The van der Waals surface area contributed by atoms with Crippen LogP contribution in [0.25, 0.3) is 0 Å². The van der Waals surface area contributed by atoms with Gasteiger partial charge in [-0.15, -0.1) is 4.28 Å². The number of nitrogens with two attached hydrogens (primary N) is 1. The maximum absolute atomic E-state index is 13.5. The molecule has 16 heteroatoms.